The molecule has 80 valence electrons. The minimum Gasteiger partial charge on any atom is -0.389 e. The monoisotopic (exact) mass is 219 g/mol. The lowest BCUT2D eigenvalue weighted by Gasteiger charge is -1.92. The average Bonchev–Trinajstić information content (AvgIpc) is 2.42. The number of nitrogens with zero attached hydrogens (tertiary/aromatic N) is 5. The van der Waals surface area contributed by atoms with E-state index in [-0.39, 0.29) is 0 Å². The quantitative estimate of drug-likeness (QED) is 0.415. The Bertz CT molecular complexity index is 461. The van der Waals surface area contributed by atoms with Gasteiger partial charge in [-0.15, -0.1) is 0 Å². The number of hydrogen-bond donors (Lipinski definition) is 1. The first-order valence-electron chi connectivity index (χ1n) is 3.11. The third-order valence-corrected chi connectivity index (χ3v) is 1.31. The summed E-state index contributed by atoms with van der Waals surface area (Å²) >= 11 is 0. The molecule has 0 aliphatic carbocycles. The summed E-state index contributed by atoms with van der Waals surface area (Å²) < 4.78 is -0.557. The molecule has 1 heterocycles. The summed E-state index contributed by atoms with van der Waals surface area (Å²) in [6.07, 6.45) is 0. The van der Waals surface area contributed by atoms with Crippen molar-refractivity contribution >= 4 is 17.6 Å². The fraction of sp³-hybridized carbons (Fsp3) is 0. The standard InChI is InChI=1S/C3HN5O7/c9-5-2(7(12)13)1(6(10)11)4-3(5)8(14)15/h9H. The van der Waals surface area contributed by atoms with Gasteiger partial charge in [0.2, 0.25) is 0 Å². The van der Waals surface area contributed by atoms with Gasteiger partial charge in [-0.3, -0.25) is 0 Å². The Kier molecular flexibility index (Phi) is 2.17. The first-order chi connectivity index (χ1) is 6.86. The van der Waals surface area contributed by atoms with Crippen LogP contribution in [0.1, 0.15) is 0 Å². The minimum atomic E-state index is -1.47. The van der Waals surface area contributed by atoms with Gasteiger partial charge in [-0.1, -0.05) is 0 Å². The summed E-state index contributed by atoms with van der Waals surface area (Å²) in [5.41, 5.74) is 0. The summed E-state index contributed by atoms with van der Waals surface area (Å²) in [7, 11) is 0. The molecule has 12 heteroatoms. The molecule has 0 saturated carbocycles. The van der Waals surface area contributed by atoms with Gasteiger partial charge in [0.1, 0.15) is 0 Å². The highest BCUT2D eigenvalue weighted by Crippen LogP contribution is 2.29. The van der Waals surface area contributed by atoms with Crippen LogP contribution in [0.2, 0.25) is 0 Å². The van der Waals surface area contributed by atoms with Gasteiger partial charge in [0.15, 0.2) is 0 Å². The Hall–Kier alpha value is -2.79. The van der Waals surface area contributed by atoms with Crippen molar-refractivity contribution in [2.45, 2.75) is 0 Å². The van der Waals surface area contributed by atoms with Gasteiger partial charge in [0.05, 0.1) is 0 Å². The first-order valence-corrected chi connectivity index (χ1v) is 3.11. The van der Waals surface area contributed by atoms with Gasteiger partial charge in [-0.25, -0.2) is 0 Å². The van der Waals surface area contributed by atoms with Crippen LogP contribution in [-0.4, -0.2) is 29.7 Å². The highest BCUT2D eigenvalue weighted by molar-refractivity contribution is 5.45. The zero-order valence-corrected chi connectivity index (χ0v) is 6.63. The SMILES string of the molecule is O=[N+]([O-])c1nc([N+](=O)[O-])n(O)c1[N+](=O)[O-]. The lowest BCUT2D eigenvalue weighted by molar-refractivity contribution is -0.432. The van der Waals surface area contributed by atoms with Gasteiger partial charge in [-0.05, 0) is 19.8 Å². The van der Waals surface area contributed by atoms with E-state index < -0.39 is 37.1 Å². The highest BCUT2D eigenvalue weighted by atomic mass is 16.7. The largest absolute Gasteiger partial charge is 0.511 e. The fourth-order valence-corrected chi connectivity index (χ4v) is 0.781. The second-order valence-electron chi connectivity index (χ2n) is 2.14. The first kappa shape index (κ1) is 10.3. The van der Waals surface area contributed by atoms with Crippen molar-refractivity contribution in [3.05, 3.63) is 30.3 Å². The molecule has 0 saturated heterocycles. The van der Waals surface area contributed by atoms with Gasteiger partial charge >= 0.3 is 17.6 Å². The molecule has 15 heavy (non-hydrogen) atoms. The Morgan fingerprint density at radius 1 is 1.07 bits per heavy atom. The average molecular weight is 219 g/mol. The van der Waals surface area contributed by atoms with Crippen molar-refractivity contribution in [2.24, 2.45) is 0 Å². The van der Waals surface area contributed by atoms with E-state index in [9.17, 15) is 30.3 Å². The topological polar surface area (TPSA) is 167 Å². The minimum absolute atomic E-state index is 0.557. The van der Waals surface area contributed by atoms with Crippen LogP contribution in [0.5, 0.6) is 0 Å². The summed E-state index contributed by atoms with van der Waals surface area (Å²) in [4.78, 5) is 29.4. The number of hydrogen-bond acceptors (Lipinski definition) is 8. The lowest BCUT2D eigenvalue weighted by atomic mass is 10.7. The normalized spacial score (nSPS) is 9.87. The second kappa shape index (κ2) is 3.17. The van der Waals surface area contributed by atoms with Crippen LogP contribution < -0.4 is 0 Å². The Balaban J connectivity index is 3.53. The van der Waals surface area contributed by atoms with E-state index in [0.717, 1.165) is 0 Å². The maximum atomic E-state index is 10.2. The molecule has 1 rings (SSSR count). The van der Waals surface area contributed by atoms with Gasteiger partial charge in [-0.2, -0.15) is 0 Å². The van der Waals surface area contributed by atoms with Crippen molar-refractivity contribution in [3.8, 4) is 0 Å². The zero-order chi connectivity index (χ0) is 11.7. The predicted molar refractivity (Wildman–Crippen MR) is 39.4 cm³/mol. The van der Waals surface area contributed by atoms with E-state index in [4.69, 9.17) is 5.21 Å². The summed E-state index contributed by atoms with van der Waals surface area (Å²) in [5.74, 6) is -4.26. The predicted octanol–water partition coefficient (Wildman–Crippen LogP) is -0.155. The fourth-order valence-electron chi connectivity index (χ4n) is 0.781. The van der Waals surface area contributed by atoms with E-state index in [0.29, 0.717) is 0 Å². The molecule has 0 radical (unpaired) electrons. The van der Waals surface area contributed by atoms with E-state index in [1.165, 1.54) is 0 Å². The molecule has 0 fully saturated rings. The maximum absolute atomic E-state index is 10.2. The molecule has 1 N–H and O–H groups in total. The van der Waals surface area contributed by atoms with E-state index in [2.05, 4.69) is 4.98 Å². The van der Waals surface area contributed by atoms with Gasteiger partial charge in [0.25, 0.3) is 0 Å². The molecular weight excluding hydrogens is 218 g/mol. The third kappa shape index (κ3) is 1.50. The number of nitro groups is 3. The molecule has 1 aromatic heterocycles. The van der Waals surface area contributed by atoms with Crippen LogP contribution in [-0.2, 0) is 0 Å². The summed E-state index contributed by atoms with van der Waals surface area (Å²) in [5, 5.41) is 39.5. The van der Waals surface area contributed by atoms with E-state index in [1.807, 2.05) is 0 Å². The summed E-state index contributed by atoms with van der Waals surface area (Å²) in [6, 6.07) is 0. The van der Waals surface area contributed by atoms with Crippen LogP contribution >= 0.6 is 0 Å². The molecule has 0 aromatic carbocycles. The molecule has 0 aliphatic rings. The molecule has 0 spiro atoms. The molecule has 0 unspecified atom stereocenters. The lowest BCUT2D eigenvalue weighted by Crippen LogP contribution is -2.03. The number of rotatable bonds is 3. The van der Waals surface area contributed by atoms with Crippen LogP contribution in [0, 0.1) is 30.3 Å². The Morgan fingerprint density at radius 2 is 1.60 bits per heavy atom. The second-order valence-corrected chi connectivity index (χ2v) is 2.14. The van der Waals surface area contributed by atoms with Crippen molar-refractivity contribution in [1.29, 1.82) is 0 Å². The van der Waals surface area contributed by atoms with E-state index in [1.54, 1.807) is 0 Å². The van der Waals surface area contributed by atoms with Gasteiger partial charge in [0, 0.05) is 4.73 Å². The highest BCUT2D eigenvalue weighted by Gasteiger charge is 2.39. The molecular formula is C3HN5O7. The van der Waals surface area contributed by atoms with Crippen molar-refractivity contribution in [2.75, 3.05) is 0 Å². The summed E-state index contributed by atoms with van der Waals surface area (Å²) in [6.45, 7) is 0. The van der Waals surface area contributed by atoms with Crippen molar-refractivity contribution < 1.29 is 20.0 Å². The van der Waals surface area contributed by atoms with Crippen LogP contribution in [0.25, 0.3) is 0 Å². The molecule has 0 bridgehead atoms. The number of imidazole rings is 1. The van der Waals surface area contributed by atoms with Crippen LogP contribution in [0.4, 0.5) is 17.6 Å². The van der Waals surface area contributed by atoms with Crippen molar-refractivity contribution in [1.82, 2.24) is 9.71 Å². The zero-order valence-electron chi connectivity index (χ0n) is 6.63. The third-order valence-electron chi connectivity index (χ3n) is 1.31. The molecule has 0 amide bonds. The smallest absolute Gasteiger partial charge is 0.389 e. The molecule has 1 aromatic rings. The molecule has 12 nitrogen and oxygen atoms in total. The van der Waals surface area contributed by atoms with Crippen molar-refractivity contribution in [3.63, 3.8) is 0 Å². The molecule has 0 atom stereocenters. The van der Waals surface area contributed by atoms with Gasteiger partial charge < -0.3 is 35.6 Å². The van der Waals surface area contributed by atoms with E-state index >= 15 is 0 Å². The Morgan fingerprint density at radius 3 is 1.87 bits per heavy atom. The van der Waals surface area contributed by atoms with Crippen LogP contribution in [0.15, 0.2) is 0 Å². The molecule has 0 aliphatic heterocycles. The number of aromatic nitrogens is 2. The Labute approximate surface area is 78.8 Å². The van der Waals surface area contributed by atoms with Crippen LogP contribution in [0.3, 0.4) is 0 Å². The maximum Gasteiger partial charge on any atom is 0.511 e.